The van der Waals surface area contributed by atoms with Gasteiger partial charge >= 0.3 is 0 Å². The lowest BCUT2D eigenvalue weighted by atomic mass is 10.0. The Morgan fingerprint density at radius 3 is 2.67 bits per heavy atom. The monoisotopic (exact) mass is 248 g/mol. The Bertz CT molecular complexity index is 479. The van der Waals surface area contributed by atoms with Gasteiger partial charge in [-0.05, 0) is 18.1 Å². The van der Waals surface area contributed by atoms with E-state index in [0.717, 1.165) is 0 Å². The van der Waals surface area contributed by atoms with Crippen LogP contribution < -0.4 is 11.1 Å². The van der Waals surface area contributed by atoms with Crippen molar-refractivity contribution in [2.24, 2.45) is 11.7 Å². The molecule has 0 aliphatic heterocycles. The van der Waals surface area contributed by atoms with Crippen LogP contribution >= 0.6 is 0 Å². The van der Waals surface area contributed by atoms with E-state index in [9.17, 15) is 10.1 Å². The van der Waals surface area contributed by atoms with Crippen LogP contribution in [0.15, 0.2) is 18.2 Å². The lowest BCUT2D eigenvalue weighted by Crippen LogP contribution is -2.33. The summed E-state index contributed by atoms with van der Waals surface area (Å²) in [5, 5.41) is 22.7. The van der Waals surface area contributed by atoms with Crippen LogP contribution in [-0.4, -0.2) is 17.5 Å². The van der Waals surface area contributed by atoms with Gasteiger partial charge in [0, 0.05) is 18.7 Å². The summed E-state index contributed by atoms with van der Waals surface area (Å²) in [6, 6.07) is 6.19. The third kappa shape index (κ3) is 3.18. The highest BCUT2D eigenvalue weighted by atomic mass is 16.6. The number of hydrogen-bond donors (Lipinski definition) is 2. The molecule has 1 aromatic rings. The Hall–Kier alpha value is -2.13. The molecule has 0 amide bonds. The Kier molecular flexibility index (Phi) is 4.63. The second kappa shape index (κ2) is 5.98. The van der Waals surface area contributed by atoms with Gasteiger partial charge in [-0.15, -0.1) is 0 Å². The number of hydrogen-bond acceptors (Lipinski definition) is 5. The lowest BCUT2D eigenvalue weighted by Gasteiger charge is -2.21. The van der Waals surface area contributed by atoms with Gasteiger partial charge in [0.25, 0.3) is 5.69 Å². The minimum atomic E-state index is -0.503. The molecule has 3 N–H and O–H groups in total. The van der Waals surface area contributed by atoms with Gasteiger partial charge in [0.05, 0.1) is 16.6 Å². The molecule has 0 saturated heterocycles. The summed E-state index contributed by atoms with van der Waals surface area (Å²) < 4.78 is 0. The number of nitriles is 1. The largest absolute Gasteiger partial charge is 0.375 e. The first-order valence-corrected chi connectivity index (χ1v) is 5.64. The number of nitro benzene ring substituents is 1. The minimum absolute atomic E-state index is 0.0448. The van der Waals surface area contributed by atoms with E-state index < -0.39 is 4.92 Å². The number of nitrogens with one attached hydrogen (secondary N) is 1. The predicted octanol–water partition coefficient (Wildman–Crippen LogP) is 1.86. The van der Waals surface area contributed by atoms with Crippen LogP contribution in [0.25, 0.3) is 0 Å². The molecule has 6 nitrogen and oxygen atoms in total. The van der Waals surface area contributed by atoms with Crippen LogP contribution in [0.2, 0.25) is 0 Å². The zero-order valence-corrected chi connectivity index (χ0v) is 10.4. The zero-order chi connectivity index (χ0) is 13.7. The molecule has 6 heteroatoms. The van der Waals surface area contributed by atoms with Crippen LogP contribution in [-0.2, 0) is 0 Å². The van der Waals surface area contributed by atoms with E-state index in [1.807, 2.05) is 19.9 Å². The molecule has 96 valence electrons. The molecule has 0 heterocycles. The molecule has 0 fully saturated rings. The molecule has 0 aliphatic rings. The van der Waals surface area contributed by atoms with Crippen molar-refractivity contribution in [1.82, 2.24) is 0 Å². The van der Waals surface area contributed by atoms with Crippen LogP contribution in [0.5, 0.6) is 0 Å². The molecular formula is C12H16N4O2. The van der Waals surface area contributed by atoms with E-state index in [0.29, 0.717) is 12.2 Å². The molecule has 1 unspecified atom stereocenters. The Balaban J connectivity index is 3.09. The van der Waals surface area contributed by atoms with Gasteiger partial charge in [0.2, 0.25) is 0 Å². The fourth-order valence-corrected chi connectivity index (χ4v) is 1.57. The molecule has 0 spiro atoms. The maximum Gasteiger partial charge on any atom is 0.293 e. The standard InChI is InChI=1S/C12H16N4O2/c1-8(2)11(7-14)15-10-4-3-9(6-13)5-12(10)16(17)18/h3-5,8,11,15H,7,14H2,1-2H3. The zero-order valence-electron chi connectivity index (χ0n) is 10.4. The van der Waals surface area contributed by atoms with E-state index in [-0.39, 0.29) is 23.2 Å². The number of nitro groups is 1. The topological polar surface area (TPSA) is 105 Å². The van der Waals surface area contributed by atoms with Crippen molar-refractivity contribution in [2.75, 3.05) is 11.9 Å². The van der Waals surface area contributed by atoms with Gasteiger partial charge in [-0.1, -0.05) is 13.8 Å². The second-order valence-corrected chi connectivity index (χ2v) is 4.33. The number of rotatable bonds is 5. The summed E-state index contributed by atoms with van der Waals surface area (Å²) in [6.45, 7) is 4.36. The summed E-state index contributed by atoms with van der Waals surface area (Å²) in [5.74, 6) is 0.255. The molecule has 1 aromatic carbocycles. The fourth-order valence-electron chi connectivity index (χ4n) is 1.57. The lowest BCUT2D eigenvalue weighted by molar-refractivity contribution is -0.384. The van der Waals surface area contributed by atoms with Crippen LogP contribution in [0.4, 0.5) is 11.4 Å². The molecule has 0 aliphatic carbocycles. The predicted molar refractivity (Wildman–Crippen MR) is 69.1 cm³/mol. The first kappa shape index (κ1) is 13.9. The maximum absolute atomic E-state index is 11.0. The smallest absolute Gasteiger partial charge is 0.293 e. The normalized spacial score (nSPS) is 11.9. The Morgan fingerprint density at radius 2 is 2.22 bits per heavy atom. The third-order valence-corrected chi connectivity index (χ3v) is 2.72. The summed E-state index contributed by atoms with van der Waals surface area (Å²) >= 11 is 0. The van der Waals surface area contributed by atoms with Gasteiger partial charge in [0.1, 0.15) is 5.69 Å². The first-order chi connectivity index (χ1) is 8.49. The Morgan fingerprint density at radius 1 is 1.56 bits per heavy atom. The van der Waals surface area contributed by atoms with E-state index in [1.54, 1.807) is 12.1 Å². The number of anilines is 1. The second-order valence-electron chi connectivity index (χ2n) is 4.33. The highest BCUT2D eigenvalue weighted by Gasteiger charge is 2.19. The molecular weight excluding hydrogens is 232 g/mol. The van der Waals surface area contributed by atoms with E-state index in [2.05, 4.69) is 5.32 Å². The molecule has 0 aromatic heterocycles. The number of benzene rings is 1. The van der Waals surface area contributed by atoms with E-state index >= 15 is 0 Å². The van der Waals surface area contributed by atoms with E-state index in [1.165, 1.54) is 6.07 Å². The van der Waals surface area contributed by atoms with Crippen molar-refractivity contribution in [1.29, 1.82) is 5.26 Å². The molecule has 1 rings (SSSR count). The highest BCUT2D eigenvalue weighted by Crippen LogP contribution is 2.26. The highest BCUT2D eigenvalue weighted by molar-refractivity contribution is 5.64. The van der Waals surface area contributed by atoms with Crippen molar-refractivity contribution >= 4 is 11.4 Å². The molecule has 0 saturated carbocycles. The van der Waals surface area contributed by atoms with Gasteiger partial charge in [-0.25, -0.2) is 0 Å². The van der Waals surface area contributed by atoms with Crippen LogP contribution in [0.1, 0.15) is 19.4 Å². The molecule has 18 heavy (non-hydrogen) atoms. The van der Waals surface area contributed by atoms with Gasteiger partial charge in [-0.2, -0.15) is 5.26 Å². The Labute approximate surface area is 106 Å². The van der Waals surface area contributed by atoms with Gasteiger partial charge in [0.15, 0.2) is 0 Å². The minimum Gasteiger partial charge on any atom is -0.375 e. The average molecular weight is 248 g/mol. The van der Waals surface area contributed by atoms with Crippen LogP contribution in [0, 0.1) is 27.4 Å². The van der Waals surface area contributed by atoms with Crippen molar-refractivity contribution < 1.29 is 4.92 Å². The van der Waals surface area contributed by atoms with Crippen molar-refractivity contribution in [3.8, 4) is 6.07 Å². The average Bonchev–Trinajstić information content (AvgIpc) is 2.35. The summed E-state index contributed by atoms with van der Waals surface area (Å²) in [5.41, 5.74) is 6.17. The van der Waals surface area contributed by atoms with Crippen molar-refractivity contribution in [2.45, 2.75) is 19.9 Å². The number of nitrogens with two attached hydrogens (primary N) is 1. The quantitative estimate of drug-likeness (QED) is 0.611. The van der Waals surface area contributed by atoms with Gasteiger partial charge in [-0.3, -0.25) is 10.1 Å². The number of nitrogens with zero attached hydrogens (tertiary/aromatic N) is 2. The summed E-state index contributed by atoms with van der Waals surface area (Å²) in [6.07, 6.45) is 0. The summed E-state index contributed by atoms with van der Waals surface area (Å²) in [7, 11) is 0. The van der Waals surface area contributed by atoms with Crippen LogP contribution in [0.3, 0.4) is 0 Å². The van der Waals surface area contributed by atoms with Crippen molar-refractivity contribution in [3.05, 3.63) is 33.9 Å². The molecule has 0 radical (unpaired) electrons. The third-order valence-electron chi connectivity index (χ3n) is 2.72. The molecule has 1 atom stereocenters. The SMILES string of the molecule is CC(C)C(CN)Nc1ccc(C#N)cc1[N+](=O)[O-]. The van der Waals surface area contributed by atoms with E-state index in [4.69, 9.17) is 11.0 Å². The van der Waals surface area contributed by atoms with Gasteiger partial charge < -0.3 is 11.1 Å². The maximum atomic E-state index is 11.0. The first-order valence-electron chi connectivity index (χ1n) is 5.64. The molecule has 0 bridgehead atoms. The summed E-state index contributed by atoms with van der Waals surface area (Å²) in [4.78, 5) is 10.5. The van der Waals surface area contributed by atoms with Crippen molar-refractivity contribution in [3.63, 3.8) is 0 Å². The fraction of sp³-hybridized carbons (Fsp3) is 0.417.